The minimum Gasteiger partial charge on any atom is -0.466 e. The molecule has 4 aliphatic heterocycles. The molecule has 5 rings (SSSR count). The minimum atomic E-state index is -0.741. The topological polar surface area (TPSA) is 80.2 Å². The van der Waals surface area contributed by atoms with Gasteiger partial charge in [-0.25, -0.2) is 14.0 Å². The van der Waals surface area contributed by atoms with Crippen molar-refractivity contribution in [3.05, 3.63) is 57.4 Å². The van der Waals surface area contributed by atoms with Gasteiger partial charge in [0.1, 0.15) is 29.8 Å². The number of fused-ring (bicyclic) bond motifs is 1. The number of halogens is 2. The quantitative estimate of drug-likeness (QED) is 0.690. The average Bonchev–Trinajstić information content (AvgIpc) is 3.49. The lowest BCUT2D eigenvalue weighted by molar-refractivity contribution is -0.136. The molecule has 0 radical (unpaired) electrons. The molecule has 1 N–H and O–H groups in total. The lowest BCUT2D eigenvalue weighted by Gasteiger charge is -2.34. The van der Waals surface area contributed by atoms with Crippen LogP contribution in [-0.2, 0) is 14.3 Å². The number of hydrogen-bond donors (Lipinski definition) is 1. The van der Waals surface area contributed by atoms with Crippen LogP contribution in [0.2, 0.25) is 5.02 Å². The molecule has 0 saturated carbocycles. The molecule has 4 aliphatic rings. The van der Waals surface area contributed by atoms with E-state index in [9.17, 15) is 14.0 Å². The minimum absolute atomic E-state index is 0.00107. The Hall–Kier alpha value is -2.52. The normalized spacial score (nSPS) is 29.2. The van der Waals surface area contributed by atoms with Crippen molar-refractivity contribution >= 4 is 41.3 Å². The summed E-state index contributed by atoms with van der Waals surface area (Å²) in [5, 5.41) is 4.98. The van der Waals surface area contributed by atoms with Crippen LogP contribution in [0.4, 0.5) is 9.18 Å². The number of cyclic esters (lactones) is 1. The zero-order chi connectivity index (χ0) is 21.8. The highest BCUT2D eigenvalue weighted by molar-refractivity contribution is 8.03. The lowest BCUT2D eigenvalue weighted by Crippen LogP contribution is -2.48. The molecule has 0 aromatic heterocycles. The summed E-state index contributed by atoms with van der Waals surface area (Å²) in [6.45, 7) is 0.635. The zero-order valence-corrected chi connectivity index (χ0v) is 18.1. The fourth-order valence-electron chi connectivity index (χ4n) is 4.50. The van der Waals surface area contributed by atoms with E-state index in [1.165, 1.54) is 19.2 Å². The zero-order valence-electron chi connectivity index (χ0n) is 16.6. The molecule has 1 spiro atoms. The predicted octanol–water partition coefficient (Wildman–Crippen LogP) is 3.56. The van der Waals surface area contributed by atoms with Crippen LogP contribution in [0.25, 0.3) is 0 Å². The van der Waals surface area contributed by atoms with Gasteiger partial charge >= 0.3 is 12.1 Å². The van der Waals surface area contributed by atoms with E-state index in [0.717, 1.165) is 18.0 Å². The molecule has 10 heteroatoms. The van der Waals surface area contributed by atoms with Crippen molar-refractivity contribution in [3.63, 3.8) is 0 Å². The Balaban J connectivity index is 1.66. The Bertz CT molecular complexity index is 1070. The monoisotopic (exact) mass is 463 g/mol. The van der Waals surface area contributed by atoms with Crippen LogP contribution in [0, 0.1) is 5.82 Å². The first-order valence-corrected chi connectivity index (χ1v) is 11.1. The van der Waals surface area contributed by atoms with Crippen molar-refractivity contribution in [2.45, 2.75) is 29.7 Å². The van der Waals surface area contributed by atoms with Gasteiger partial charge in [0, 0.05) is 12.1 Å². The fraction of sp³-hybridized carbons (Fsp3) is 0.381. The van der Waals surface area contributed by atoms with Crippen LogP contribution in [0.3, 0.4) is 0 Å². The number of allylic oxidation sites excluding steroid dienone is 1. The molecule has 0 aliphatic carbocycles. The van der Waals surface area contributed by atoms with Crippen molar-refractivity contribution in [3.8, 4) is 0 Å². The molecule has 1 aromatic rings. The van der Waals surface area contributed by atoms with E-state index in [1.54, 1.807) is 17.8 Å². The van der Waals surface area contributed by atoms with E-state index in [1.807, 2.05) is 10.3 Å². The van der Waals surface area contributed by atoms with Gasteiger partial charge in [-0.3, -0.25) is 4.99 Å². The second-order valence-electron chi connectivity index (χ2n) is 7.89. The number of ether oxygens (including phenoxy) is 2. The van der Waals surface area contributed by atoms with Crippen LogP contribution in [0.15, 0.2) is 45.9 Å². The maximum atomic E-state index is 14.3. The number of carbonyl (C=O) groups is 2. The third-order valence-corrected chi connectivity index (χ3v) is 7.29. The highest BCUT2D eigenvalue weighted by Crippen LogP contribution is 2.45. The van der Waals surface area contributed by atoms with Crippen LogP contribution in [0.5, 0.6) is 0 Å². The maximum absolute atomic E-state index is 14.3. The van der Waals surface area contributed by atoms with E-state index in [2.05, 4.69) is 11.4 Å². The molecule has 31 heavy (non-hydrogen) atoms. The summed E-state index contributed by atoms with van der Waals surface area (Å²) < 4.78 is 24.6. The van der Waals surface area contributed by atoms with Gasteiger partial charge < -0.3 is 19.7 Å². The number of carbonyl (C=O) groups excluding carboxylic acids is 2. The second-order valence-corrected chi connectivity index (χ2v) is 9.41. The van der Waals surface area contributed by atoms with Gasteiger partial charge in [0.25, 0.3) is 0 Å². The van der Waals surface area contributed by atoms with Crippen molar-refractivity contribution in [1.29, 1.82) is 0 Å². The molecule has 2 saturated heterocycles. The molecule has 4 heterocycles. The molecule has 1 unspecified atom stereocenters. The number of amides is 1. The molecule has 1 amide bonds. The van der Waals surface area contributed by atoms with E-state index in [-0.39, 0.29) is 16.9 Å². The van der Waals surface area contributed by atoms with Gasteiger partial charge in [-0.15, -0.1) is 11.8 Å². The predicted molar refractivity (Wildman–Crippen MR) is 114 cm³/mol. The first kappa shape index (κ1) is 20.4. The largest absolute Gasteiger partial charge is 0.466 e. The van der Waals surface area contributed by atoms with Crippen LogP contribution in [-0.4, -0.2) is 53.8 Å². The Morgan fingerprint density at radius 1 is 1.48 bits per heavy atom. The number of nitrogens with one attached hydrogen (secondary N) is 1. The molecule has 1 aromatic carbocycles. The first-order chi connectivity index (χ1) is 14.9. The highest BCUT2D eigenvalue weighted by Gasteiger charge is 2.53. The molecular weight excluding hydrogens is 445 g/mol. The molecule has 162 valence electrons. The van der Waals surface area contributed by atoms with Gasteiger partial charge in [-0.05, 0) is 29.5 Å². The lowest BCUT2D eigenvalue weighted by atomic mass is 9.92. The molecule has 7 nitrogen and oxygen atoms in total. The number of nitrogens with zero attached hydrogens (tertiary/aromatic N) is 2. The fourth-order valence-corrected chi connectivity index (χ4v) is 5.56. The number of amidine groups is 1. The van der Waals surface area contributed by atoms with Crippen molar-refractivity contribution < 1.29 is 23.5 Å². The van der Waals surface area contributed by atoms with Crippen LogP contribution < -0.4 is 5.32 Å². The van der Waals surface area contributed by atoms with E-state index < -0.39 is 29.5 Å². The SMILES string of the molecule is COC(=O)C1=C2C[C@@]3(COC(=O)N3)CN2C(C2CC=CS2)=N[C@@H]1c1ccc(Cl)c(F)c1. The summed E-state index contributed by atoms with van der Waals surface area (Å²) in [6.07, 6.45) is 2.77. The summed E-state index contributed by atoms with van der Waals surface area (Å²) in [6, 6.07) is 3.69. The Kier molecular flexibility index (Phi) is 4.97. The van der Waals surface area contributed by atoms with Crippen molar-refractivity contribution in [2.75, 3.05) is 20.3 Å². The summed E-state index contributed by atoms with van der Waals surface area (Å²) in [7, 11) is 1.31. The Labute approximate surface area is 187 Å². The molecule has 2 fully saturated rings. The highest BCUT2D eigenvalue weighted by atomic mass is 35.5. The third-order valence-electron chi connectivity index (χ3n) is 5.90. The second kappa shape index (κ2) is 7.56. The number of thioether (sulfide) groups is 1. The first-order valence-electron chi connectivity index (χ1n) is 9.78. The van der Waals surface area contributed by atoms with Crippen molar-refractivity contribution in [2.24, 2.45) is 4.99 Å². The molecule has 0 bridgehead atoms. The Morgan fingerprint density at radius 2 is 2.32 bits per heavy atom. The summed E-state index contributed by atoms with van der Waals surface area (Å²) in [5.41, 5.74) is 0.913. The molecule has 3 atom stereocenters. The van der Waals surface area contributed by atoms with E-state index >= 15 is 0 Å². The molecular formula is C21H19ClFN3O4S. The summed E-state index contributed by atoms with van der Waals surface area (Å²) in [4.78, 5) is 31.7. The van der Waals surface area contributed by atoms with Gasteiger partial charge in [0.2, 0.25) is 0 Å². The van der Waals surface area contributed by atoms with Crippen molar-refractivity contribution in [1.82, 2.24) is 10.2 Å². The Morgan fingerprint density at radius 3 is 2.97 bits per heavy atom. The van der Waals surface area contributed by atoms with Crippen LogP contribution in [0.1, 0.15) is 24.4 Å². The third kappa shape index (κ3) is 3.40. The number of esters is 1. The summed E-state index contributed by atoms with van der Waals surface area (Å²) in [5.74, 6) is -0.331. The average molecular weight is 464 g/mol. The van der Waals surface area contributed by atoms with Gasteiger partial charge in [0.15, 0.2) is 0 Å². The van der Waals surface area contributed by atoms with Gasteiger partial charge in [0.05, 0.1) is 29.5 Å². The number of benzene rings is 1. The number of rotatable bonds is 3. The van der Waals surface area contributed by atoms with E-state index in [4.69, 9.17) is 26.1 Å². The smallest absolute Gasteiger partial charge is 0.407 e. The van der Waals surface area contributed by atoms with E-state index in [0.29, 0.717) is 24.1 Å². The summed E-state index contributed by atoms with van der Waals surface area (Å²) >= 11 is 7.52. The maximum Gasteiger partial charge on any atom is 0.407 e. The number of hydrogen-bond acceptors (Lipinski definition) is 7. The number of alkyl carbamates (subject to hydrolysis) is 1. The standard InChI is InChI=1S/C21H19ClFN3O4S/c1-29-19(27)16-14-8-21(10-30-20(28)25-21)9-26(14)18(15-3-2-6-31-15)24-17(16)11-4-5-12(22)13(23)7-11/h2,4-7,15,17H,3,8-10H2,1H3,(H,25,28)/t15?,17-,21+/m1/s1. The van der Waals surface area contributed by atoms with Gasteiger partial charge in [-0.1, -0.05) is 23.7 Å². The number of methoxy groups -OCH3 is 1. The van der Waals surface area contributed by atoms with Gasteiger partial charge in [-0.2, -0.15) is 0 Å². The number of aliphatic imine (C=N–C) groups is 1. The van der Waals surface area contributed by atoms with Crippen LogP contribution >= 0.6 is 23.4 Å².